The van der Waals surface area contributed by atoms with Crippen molar-refractivity contribution in [1.29, 1.82) is 0 Å². The fourth-order valence-electron chi connectivity index (χ4n) is 2.38. The fraction of sp³-hybridized carbons (Fsp3) is 0.118. The number of hydrogen-bond donors (Lipinski definition) is 1. The number of fused-ring (bicyclic) bond motifs is 1. The highest BCUT2D eigenvalue weighted by molar-refractivity contribution is 5.91. The second kappa shape index (κ2) is 4.73. The molecule has 0 unspecified atom stereocenters. The van der Waals surface area contributed by atoms with E-state index in [0.717, 1.165) is 34.3 Å². The van der Waals surface area contributed by atoms with Crippen molar-refractivity contribution < 1.29 is 0 Å². The zero-order chi connectivity index (χ0) is 13.2. The van der Waals surface area contributed by atoms with Gasteiger partial charge in [-0.15, -0.1) is 0 Å². The highest BCUT2D eigenvalue weighted by atomic mass is 14.7. The van der Waals surface area contributed by atoms with Crippen molar-refractivity contribution in [3.63, 3.8) is 0 Å². The topological polar surface area (TPSA) is 38.9 Å². The van der Waals surface area contributed by atoms with Crippen LogP contribution in [-0.2, 0) is 6.42 Å². The van der Waals surface area contributed by atoms with Crippen LogP contribution in [0.3, 0.4) is 0 Å². The molecular weight excluding hydrogens is 232 g/mol. The Bertz CT molecular complexity index is 718. The Morgan fingerprint density at radius 1 is 1.00 bits per heavy atom. The van der Waals surface area contributed by atoms with Crippen molar-refractivity contribution in [2.75, 3.05) is 5.73 Å². The van der Waals surface area contributed by atoms with Crippen molar-refractivity contribution in [2.45, 2.75) is 13.3 Å². The summed E-state index contributed by atoms with van der Waals surface area (Å²) >= 11 is 0. The third kappa shape index (κ3) is 2.06. The van der Waals surface area contributed by atoms with E-state index in [1.165, 1.54) is 5.56 Å². The molecule has 94 valence electrons. The van der Waals surface area contributed by atoms with Gasteiger partial charge in [0.1, 0.15) is 0 Å². The molecule has 3 aromatic rings. The van der Waals surface area contributed by atoms with Crippen LogP contribution in [0.25, 0.3) is 22.2 Å². The number of para-hydroxylation sites is 1. The Morgan fingerprint density at radius 2 is 1.79 bits per heavy atom. The predicted molar refractivity (Wildman–Crippen MR) is 81.0 cm³/mol. The molecule has 2 aromatic carbocycles. The van der Waals surface area contributed by atoms with Gasteiger partial charge in [-0.2, -0.15) is 0 Å². The quantitative estimate of drug-likeness (QED) is 0.695. The summed E-state index contributed by atoms with van der Waals surface area (Å²) in [4.78, 5) is 4.79. The number of anilines is 1. The summed E-state index contributed by atoms with van der Waals surface area (Å²) < 4.78 is 0. The van der Waals surface area contributed by atoms with Crippen molar-refractivity contribution in [1.82, 2.24) is 4.98 Å². The first-order valence-electron chi connectivity index (χ1n) is 6.53. The minimum atomic E-state index is 0.734. The molecule has 0 spiro atoms. The lowest BCUT2D eigenvalue weighted by Crippen LogP contribution is -1.96. The number of pyridine rings is 1. The van der Waals surface area contributed by atoms with Crippen LogP contribution in [-0.4, -0.2) is 4.98 Å². The Hall–Kier alpha value is -2.35. The molecule has 0 aliphatic heterocycles. The molecule has 0 aliphatic rings. The molecule has 19 heavy (non-hydrogen) atoms. The first-order chi connectivity index (χ1) is 9.29. The van der Waals surface area contributed by atoms with E-state index < -0.39 is 0 Å². The van der Waals surface area contributed by atoms with Crippen LogP contribution in [0.15, 0.2) is 54.6 Å². The maximum absolute atomic E-state index is 6.03. The maximum Gasteiger partial charge on any atom is 0.0938 e. The number of nitrogens with zero attached hydrogens (tertiary/aromatic N) is 1. The van der Waals surface area contributed by atoms with E-state index >= 15 is 0 Å². The molecule has 0 aliphatic carbocycles. The number of rotatable bonds is 2. The molecule has 0 bridgehead atoms. The molecule has 0 radical (unpaired) electrons. The van der Waals surface area contributed by atoms with Gasteiger partial charge < -0.3 is 5.73 Å². The number of aromatic nitrogens is 1. The minimum Gasteiger partial charge on any atom is -0.397 e. The van der Waals surface area contributed by atoms with Gasteiger partial charge in [0.15, 0.2) is 0 Å². The summed E-state index contributed by atoms with van der Waals surface area (Å²) in [7, 11) is 0. The normalized spacial score (nSPS) is 10.8. The van der Waals surface area contributed by atoms with E-state index in [9.17, 15) is 0 Å². The zero-order valence-electron chi connectivity index (χ0n) is 10.9. The third-order valence-electron chi connectivity index (χ3n) is 3.38. The Morgan fingerprint density at radius 3 is 2.53 bits per heavy atom. The Labute approximate surface area is 112 Å². The lowest BCUT2D eigenvalue weighted by molar-refractivity contribution is 1.12. The van der Waals surface area contributed by atoms with Gasteiger partial charge in [-0.3, -0.25) is 0 Å². The van der Waals surface area contributed by atoms with E-state index in [1.54, 1.807) is 0 Å². The van der Waals surface area contributed by atoms with E-state index in [1.807, 2.05) is 30.3 Å². The molecule has 2 N–H and O–H groups in total. The molecule has 0 saturated carbocycles. The van der Waals surface area contributed by atoms with Gasteiger partial charge >= 0.3 is 0 Å². The van der Waals surface area contributed by atoms with Gasteiger partial charge in [-0.1, -0.05) is 49.4 Å². The second-order valence-electron chi connectivity index (χ2n) is 4.63. The van der Waals surface area contributed by atoms with Crippen molar-refractivity contribution >= 4 is 16.6 Å². The van der Waals surface area contributed by atoms with Crippen LogP contribution in [0.1, 0.15) is 12.5 Å². The van der Waals surface area contributed by atoms with Crippen LogP contribution < -0.4 is 5.73 Å². The highest BCUT2D eigenvalue weighted by Crippen LogP contribution is 2.28. The first kappa shape index (κ1) is 11.7. The van der Waals surface area contributed by atoms with E-state index in [2.05, 4.69) is 31.2 Å². The predicted octanol–water partition coefficient (Wildman–Crippen LogP) is 4.05. The van der Waals surface area contributed by atoms with Crippen LogP contribution >= 0.6 is 0 Å². The smallest absolute Gasteiger partial charge is 0.0938 e. The van der Waals surface area contributed by atoms with Gasteiger partial charge in [-0.25, -0.2) is 4.98 Å². The van der Waals surface area contributed by atoms with Gasteiger partial charge in [-0.05, 0) is 24.1 Å². The zero-order valence-corrected chi connectivity index (χ0v) is 10.9. The average molecular weight is 248 g/mol. The lowest BCUT2D eigenvalue weighted by Gasteiger charge is -2.10. The molecule has 0 fully saturated rings. The van der Waals surface area contributed by atoms with E-state index in [-0.39, 0.29) is 0 Å². The Kier molecular flexibility index (Phi) is 2.92. The van der Waals surface area contributed by atoms with Crippen LogP contribution in [0.5, 0.6) is 0 Å². The summed E-state index contributed by atoms with van der Waals surface area (Å²) in [5, 5.41) is 1.11. The molecule has 1 heterocycles. The van der Waals surface area contributed by atoms with Crippen LogP contribution in [0, 0.1) is 0 Å². The van der Waals surface area contributed by atoms with Crippen molar-refractivity contribution in [3.8, 4) is 11.3 Å². The molecule has 1 aromatic heterocycles. The second-order valence-corrected chi connectivity index (χ2v) is 4.63. The van der Waals surface area contributed by atoms with Crippen molar-refractivity contribution in [2.24, 2.45) is 0 Å². The standard InChI is InChI=1S/C17H16N2/c1-2-12-11-14-9-6-10-15(18)17(14)19-16(12)13-7-4-3-5-8-13/h3-11H,2,18H2,1H3. The average Bonchev–Trinajstić information content (AvgIpc) is 2.47. The molecule has 3 rings (SSSR count). The summed E-state index contributed by atoms with van der Waals surface area (Å²) in [6.45, 7) is 2.15. The first-order valence-corrected chi connectivity index (χ1v) is 6.53. The number of nitrogens with two attached hydrogens (primary N) is 1. The summed E-state index contributed by atoms with van der Waals surface area (Å²) in [5.41, 5.74) is 11.1. The summed E-state index contributed by atoms with van der Waals surface area (Å²) in [5.74, 6) is 0. The minimum absolute atomic E-state index is 0.734. The molecular formula is C17H16N2. The molecule has 2 nitrogen and oxygen atoms in total. The SMILES string of the molecule is CCc1cc2cccc(N)c2nc1-c1ccccc1. The van der Waals surface area contributed by atoms with Gasteiger partial charge in [0.2, 0.25) is 0 Å². The summed E-state index contributed by atoms with van der Waals surface area (Å²) in [6, 6.07) is 18.4. The van der Waals surface area contributed by atoms with Gasteiger partial charge in [0.25, 0.3) is 0 Å². The number of aryl methyl sites for hydroxylation is 1. The molecule has 0 atom stereocenters. The number of nitrogen functional groups attached to an aromatic ring is 1. The van der Waals surface area contributed by atoms with Crippen LogP contribution in [0.2, 0.25) is 0 Å². The van der Waals surface area contributed by atoms with E-state index in [4.69, 9.17) is 10.7 Å². The fourth-order valence-corrected chi connectivity index (χ4v) is 2.38. The number of benzene rings is 2. The van der Waals surface area contributed by atoms with Gasteiger partial charge in [0, 0.05) is 10.9 Å². The van der Waals surface area contributed by atoms with Gasteiger partial charge in [0.05, 0.1) is 16.9 Å². The van der Waals surface area contributed by atoms with Crippen molar-refractivity contribution in [3.05, 3.63) is 60.2 Å². The lowest BCUT2D eigenvalue weighted by atomic mass is 10.0. The summed E-state index contributed by atoms with van der Waals surface area (Å²) in [6.07, 6.45) is 0.960. The highest BCUT2D eigenvalue weighted by Gasteiger charge is 2.09. The third-order valence-corrected chi connectivity index (χ3v) is 3.38. The number of hydrogen-bond acceptors (Lipinski definition) is 2. The maximum atomic E-state index is 6.03. The largest absolute Gasteiger partial charge is 0.397 e. The van der Waals surface area contributed by atoms with E-state index in [0.29, 0.717) is 0 Å². The Balaban J connectivity index is 2.32. The van der Waals surface area contributed by atoms with Crippen LogP contribution in [0.4, 0.5) is 5.69 Å². The monoisotopic (exact) mass is 248 g/mol. The molecule has 0 saturated heterocycles. The molecule has 0 amide bonds. The molecule has 2 heteroatoms.